The van der Waals surface area contributed by atoms with Gasteiger partial charge in [0.25, 0.3) is 0 Å². The molecule has 0 saturated heterocycles. The molecule has 0 N–H and O–H groups in total. The quantitative estimate of drug-likeness (QED) is 0.156. The van der Waals surface area contributed by atoms with Crippen molar-refractivity contribution in [1.82, 2.24) is 18.7 Å². The van der Waals surface area contributed by atoms with E-state index in [1.807, 2.05) is 24.6 Å². The van der Waals surface area contributed by atoms with E-state index in [1.165, 1.54) is 37.8 Å². The van der Waals surface area contributed by atoms with Gasteiger partial charge in [0.05, 0.1) is 41.4 Å². The average molecular weight is 696 g/mol. The molecule has 5 aromatic heterocycles. The molecular weight excluding hydrogens is 661 g/mol. The van der Waals surface area contributed by atoms with E-state index in [0.29, 0.717) is 11.7 Å². The Bertz CT molecular complexity index is 2860. The number of rotatable bonds is 7. The number of para-hydroxylation sites is 2. The van der Waals surface area contributed by atoms with Crippen LogP contribution in [0, 0.1) is 13.8 Å². The molecule has 0 aliphatic rings. The highest BCUT2D eigenvalue weighted by atomic mass is 31.1. The molecule has 52 heavy (non-hydrogen) atoms. The molecule has 10 aromatic rings. The SMILES string of the molecule is Cc1cc(C)n(-c2coc3oc(N(c4ccccc4)c4cc5c(ccc6c7ccccc7n(P(c7ccccc7)c7ccccc7)c65)n4C)cc23)n1. The summed E-state index contributed by atoms with van der Waals surface area (Å²) >= 11 is 0. The van der Waals surface area contributed by atoms with Gasteiger partial charge in [-0.3, -0.25) is 4.90 Å². The lowest BCUT2D eigenvalue weighted by Gasteiger charge is -2.23. The van der Waals surface area contributed by atoms with E-state index in [1.54, 1.807) is 6.26 Å². The topological polar surface area (TPSA) is 57.2 Å². The van der Waals surface area contributed by atoms with Crippen LogP contribution in [0.5, 0.6) is 0 Å². The molecule has 0 unspecified atom stereocenters. The number of fused-ring (bicyclic) bond motifs is 6. The first-order valence-electron chi connectivity index (χ1n) is 17.4. The fourth-order valence-electron chi connectivity index (χ4n) is 7.67. The van der Waals surface area contributed by atoms with E-state index in [0.717, 1.165) is 39.5 Å². The van der Waals surface area contributed by atoms with Crippen molar-refractivity contribution in [2.45, 2.75) is 13.8 Å². The molecule has 0 fully saturated rings. The number of aromatic nitrogens is 4. The Balaban J connectivity index is 1.24. The Morgan fingerprint density at radius 1 is 0.635 bits per heavy atom. The Morgan fingerprint density at radius 2 is 1.31 bits per heavy atom. The van der Waals surface area contributed by atoms with Crippen LogP contribution in [0.3, 0.4) is 0 Å². The van der Waals surface area contributed by atoms with Crippen LogP contribution in [-0.2, 0) is 7.05 Å². The molecule has 5 aromatic carbocycles. The number of nitrogens with zero attached hydrogens (tertiary/aromatic N) is 5. The summed E-state index contributed by atoms with van der Waals surface area (Å²) in [6.45, 7) is 4.05. The van der Waals surface area contributed by atoms with E-state index >= 15 is 0 Å². The highest BCUT2D eigenvalue weighted by molar-refractivity contribution is 7.72. The fraction of sp³-hybridized carbons (Fsp3) is 0.0682. The molecule has 0 aliphatic carbocycles. The number of aryl methyl sites for hydroxylation is 3. The lowest BCUT2D eigenvalue weighted by molar-refractivity contribution is 0.480. The van der Waals surface area contributed by atoms with Crippen LogP contribution in [0.4, 0.5) is 17.4 Å². The zero-order chi connectivity index (χ0) is 34.9. The molecule has 0 bridgehead atoms. The normalized spacial score (nSPS) is 11.9. The van der Waals surface area contributed by atoms with E-state index in [-0.39, 0.29) is 0 Å². The summed E-state index contributed by atoms with van der Waals surface area (Å²) in [6, 6.07) is 52.0. The highest BCUT2D eigenvalue weighted by Gasteiger charge is 2.28. The molecule has 5 heterocycles. The van der Waals surface area contributed by atoms with Crippen molar-refractivity contribution in [2.24, 2.45) is 7.05 Å². The van der Waals surface area contributed by atoms with Crippen LogP contribution in [-0.4, -0.2) is 18.7 Å². The Labute approximate surface area is 301 Å². The monoisotopic (exact) mass is 695 g/mol. The summed E-state index contributed by atoms with van der Waals surface area (Å²) in [5, 5.41) is 11.8. The van der Waals surface area contributed by atoms with Crippen LogP contribution in [0.1, 0.15) is 11.4 Å². The minimum Gasteiger partial charge on any atom is -0.431 e. The Hall–Kier alpha value is -6.30. The van der Waals surface area contributed by atoms with Crippen molar-refractivity contribution in [3.8, 4) is 5.69 Å². The van der Waals surface area contributed by atoms with Crippen LogP contribution in [0.25, 0.3) is 49.6 Å². The van der Waals surface area contributed by atoms with Gasteiger partial charge in [-0.2, -0.15) is 5.10 Å². The van der Waals surface area contributed by atoms with Gasteiger partial charge in [-0.1, -0.05) is 103 Å². The molecular formula is C44H34N5O2P. The minimum atomic E-state index is -0.965. The zero-order valence-corrected chi connectivity index (χ0v) is 29.8. The summed E-state index contributed by atoms with van der Waals surface area (Å²) < 4.78 is 19.4. The second-order valence-electron chi connectivity index (χ2n) is 13.2. The van der Waals surface area contributed by atoms with Crippen molar-refractivity contribution in [3.63, 3.8) is 0 Å². The first kappa shape index (κ1) is 30.5. The maximum absolute atomic E-state index is 6.55. The second kappa shape index (κ2) is 11.9. The molecule has 0 aliphatic heterocycles. The van der Waals surface area contributed by atoms with Crippen molar-refractivity contribution in [2.75, 3.05) is 4.90 Å². The first-order chi connectivity index (χ1) is 25.5. The molecule has 10 rings (SSSR count). The van der Waals surface area contributed by atoms with E-state index in [9.17, 15) is 0 Å². The van der Waals surface area contributed by atoms with Crippen LogP contribution < -0.4 is 15.5 Å². The number of furan rings is 2. The molecule has 252 valence electrons. The number of hydrogen-bond donors (Lipinski definition) is 0. The van der Waals surface area contributed by atoms with Gasteiger partial charge in [0, 0.05) is 45.6 Å². The van der Waals surface area contributed by atoms with Crippen LogP contribution >= 0.6 is 8.07 Å². The Kier molecular flexibility index (Phi) is 6.98. The van der Waals surface area contributed by atoms with E-state index < -0.39 is 8.07 Å². The van der Waals surface area contributed by atoms with Gasteiger partial charge in [-0.05, 0) is 50.2 Å². The molecule has 8 heteroatoms. The maximum atomic E-state index is 6.55. The number of anilines is 3. The average Bonchev–Trinajstić information content (AvgIpc) is 3.99. The zero-order valence-electron chi connectivity index (χ0n) is 28.9. The van der Waals surface area contributed by atoms with Crippen molar-refractivity contribution in [1.29, 1.82) is 0 Å². The lowest BCUT2D eigenvalue weighted by Crippen LogP contribution is -2.16. The second-order valence-corrected chi connectivity index (χ2v) is 15.2. The lowest BCUT2D eigenvalue weighted by atomic mass is 10.1. The van der Waals surface area contributed by atoms with E-state index in [2.05, 4.69) is 160 Å². The van der Waals surface area contributed by atoms with Gasteiger partial charge >= 0.3 is 5.78 Å². The van der Waals surface area contributed by atoms with Gasteiger partial charge < -0.3 is 17.7 Å². The predicted molar refractivity (Wildman–Crippen MR) is 214 cm³/mol. The summed E-state index contributed by atoms with van der Waals surface area (Å²) in [5.74, 6) is 2.08. The Morgan fingerprint density at radius 3 is 2.00 bits per heavy atom. The largest absolute Gasteiger partial charge is 0.431 e. The summed E-state index contributed by atoms with van der Waals surface area (Å²) in [6.07, 6.45) is 1.72. The van der Waals surface area contributed by atoms with E-state index in [4.69, 9.17) is 13.9 Å². The van der Waals surface area contributed by atoms with Gasteiger partial charge in [-0.15, -0.1) is 0 Å². The van der Waals surface area contributed by atoms with Gasteiger partial charge in [0.1, 0.15) is 17.8 Å². The third-order valence-corrected chi connectivity index (χ3v) is 12.3. The summed E-state index contributed by atoms with van der Waals surface area (Å²) in [7, 11) is 1.17. The number of benzene rings is 5. The minimum absolute atomic E-state index is 0.455. The van der Waals surface area contributed by atoms with Crippen molar-refractivity contribution < 1.29 is 8.83 Å². The summed E-state index contributed by atoms with van der Waals surface area (Å²) in [4.78, 5) is 2.18. The van der Waals surface area contributed by atoms with Gasteiger partial charge in [0.2, 0.25) is 5.88 Å². The smallest absolute Gasteiger partial charge is 0.301 e. The third-order valence-electron chi connectivity index (χ3n) is 9.95. The molecule has 0 spiro atoms. The summed E-state index contributed by atoms with van der Waals surface area (Å²) in [5.41, 5.74) is 7.37. The standard InChI is InChI=1S/C44H34N5O2P/c1-29-25-30(2)48(45-29)40-28-50-44-37(40)27-42(51-44)47(31-15-7-4-8-16-31)41-26-36-38(46(41)3)24-23-35-34-21-13-14-22-39(34)49(43(35)36)52(32-17-9-5-10-18-32)33-19-11-6-12-20-33/h4-28H,1-3H3. The highest BCUT2D eigenvalue weighted by Crippen LogP contribution is 2.48. The third kappa shape index (κ3) is 4.66. The molecule has 0 saturated carbocycles. The fourth-order valence-corrected chi connectivity index (χ4v) is 10.1. The first-order valence-corrected chi connectivity index (χ1v) is 18.7. The maximum Gasteiger partial charge on any atom is 0.301 e. The van der Waals surface area contributed by atoms with Crippen molar-refractivity contribution in [3.05, 3.63) is 163 Å². The molecule has 0 atom stereocenters. The molecule has 7 nitrogen and oxygen atoms in total. The van der Waals surface area contributed by atoms with Crippen LogP contribution in [0.2, 0.25) is 0 Å². The van der Waals surface area contributed by atoms with Gasteiger partial charge in [-0.25, -0.2) is 4.68 Å². The predicted octanol–water partition coefficient (Wildman–Crippen LogP) is 10.8. The number of hydrogen-bond acceptors (Lipinski definition) is 4. The molecule has 0 radical (unpaired) electrons. The van der Waals surface area contributed by atoms with Crippen molar-refractivity contribution >= 4 is 79.9 Å². The molecule has 0 amide bonds. The van der Waals surface area contributed by atoms with Crippen LogP contribution in [0.15, 0.2) is 161 Å². The van der Waals surface area contributed by atoms with Gasteiger partial charge in [0.15, 0.2) is 0 Å².